The van der Waals surface area contributed by atoms with Crippen LogP contribution in [-0.4, -0.2) is 51.2 Å². The summed E-state index contributed by atoms with van der Waals surface area (Å²) in [7, 11) is 1.36. The Morgan fingerprint density at radius 3 is 2.78 bits per heavy atom. The Hall–Kier alpha value is -3.95. The number of imidazole rings is 1. The van der Waals surface area contributed by atoms with Gasteiger partial charge in [0.25, 0.3) is 5.91 Å². The number of carbonyl (C=O) groups excluding carboxylic acids is 3. The number of benzene rings is 1. The van der Waals surface area contributed by atoms with Gasteiger partial charge in [-0.15, -0.1) is 0 Å². The number of nitrogens with zero attached hydrogens (tertiary/aromatic N) is 3. The van der Waals surface area contributed by atoms with Crippen LogP contribution in [0.2, 0.25) is 0 Å². The topological polar surface area (TPSA) is 143 Å². The average Bonchev–Trinajstić information content (AvgIpc) is 3.26. The van der Waals surface area contributed by atoms with E-state index in [1.807, 2.05) is 18.2 Å². The Bertz CT molecular complexity index is 1190. The van der Waals surface area contributed by atoms with Crippen LogP contribution in [0.5, 0.6) is 5.88 Å². The second-order valence-corrected chi connectivity index (χ2v) is 7.93. The monoisotopic (exact) mass is 436 g/mol. The van der Waals surface area contributed by atoms with Crippen LogP contribution in [-0.2, 0) is 9.59 Å². The summed E-state index contributed by atoms with van der Waals surface area (Å²) in [6.07, 6.45) is 4.62. The minimum atomic E-state index is -0.811. The molecule has 3 amide bonds. The second-order valence-electron chi connectivity index (χ2n) is 7.93. The number of ether oxygens (including phenoxy) is 1. The van der Waals surface area contributed by atoms with Gasteiger partial charge in [-0.1, -0.05) is 13.0 Å². The van der Waals surface area contributed by atoms with Crippen LogP contribution in [0.3, 0.4) is 0 Å². The normalized spacial score (nSPS) is 18.4. The number of nitrogens with one attached hydrogen (secondary N) is 2. The van der Waals surface area contributed by atoms with Crippen molar-refractivity contribution in [1.29, 1.82) is 0 Å². The Balaban J connectivity index is 1.57. The molecule has 10 nitrogen and oxygen atoms in total. The van der Waals surface area contributed by atoms with Crippen LogP contribution in [0.25, 0.3) is 11.0 Å². The Morgan fingerprint density at radius 2 is 2.03 bits per heavy atom. The number of aromatic amines is 1. The minimum Gasteiger partial charge on any atom is -0.480 e. The van der Waals surface area contributed by atoms with Gasteiger partial charge in [-0.05, 0) is 42.5 Å². The van der Waals surface area contributed by atoms with Gasteiger partial charge in [0, 0.05) is 6.54 Å². The molecule has 0 saturated carbocycles. The maximum atomic E-state index is 13.1. The van der Waals surface area contributed by atoms with Crippen molar-refractivity contribution in [3.8, 4) is 5.88 Å². The molecule has 0 spiro atoms. The summed E-state index contributed by atoms with van der Waals surface area (Å²) in [5.74, 6) is -1.91. The summed E-state index contributed by atoms with van der Waals surface area (Å²) in [6, 6.07) is 6.91. The number of primary amides is 1. The molecule has 1 aliphatic heterocycles. The molecule has 4 rings (SSSR count). The van der Waals surface area contributed by atoms with Crippen molar-refractivity contribution in [1.82, 2.24) is 19.9 Å². The van der Waals surface area contributed by atoms with Gasteiger partial charge < -0.3 is 25.7 Å². The molecule has 10 heteroatoms. The highest BCUT2D eigenvalue weighted by Crippen LogP contribution is 2.34. The highest BCUT2D eigenvalue weighted by molar-refractivity contribution is 6.39. The molecule has 166 valence electrons. The van der Waals surface area contributed by atoms with E-state index in [4.69, 9.17) is 10.5 Å². The third-order valence-corrected chi connectivity index (χ3v) is 5.67. The number of rotatable bonds is 4. The standard InChI is InChI=1S/C22H24N6O4/c1-12-3-6-18(13-4-5-16-17(7-13)26-11-25-16)28(10-12)22(31)20(30)27-14-8-15(19(23)29)21(32-2)24-9-14/h4-5,7-9,11-12,18H,3,6,10H2,1-2H3,(H2,23,29)(H,25,26)(H,27,30)/t12-,18+/m0/s1. The predicted molar refractivity (Wildman–Crippen MR) is 117 cm³/mol. The van der Waals surface area contributed by atoms with Crippen LogP contribution < -0.4 is 15.8 Å². The highest BCUT2D eigenvalue weighted by Gasteiger charge is 2.34. The van der Waals surface area contributed by atoms with Crippen molar-refractivity contribution in [3.63, 3.8) is 0 Å². The SMILES string of the molecule is COc1ncc(NC(=O)C(=O)N2C[C@@H](C)CC[C@@H]2c2ccc3nc[nH]c3c2)cc1C(N)=O. The summed E-state index contributed by atoms with van der Waals surface area (Å²) >= 11 is 0. The van der Waals surface area contributed by atoms with E-state index < -0.39 is 17.7 Å². The van der Waals surface area contributed by atoms with Gasteiger partial charge in [0.15, 0.2) is 0 Å². The maximum absolute atomic E-state index is 13.1. The van der Waals surface area contributed by atoms with Crippen molar-refractivity contribution in [2.45, 2.75) is 25.8 Å². The number of fused-ring (bicyclic) bond motifs is 1. The van der Waals surface area contributed by atoms with Crippen LogP contribution in [0.15, 0.2) is 36.8 Å². The van der Waals surface area contributed by atoms with Crippen LogP contribution in [0.1, 0.15) is 41.7 Å². The summed E-state index contributed by atoms with van der Waals surface area (Å²) < 4.78 is 5.00. The lowest BCUT2D eigenvalue weighted by atomic mass is 9.89. The van der Waals surface area contributed by atoms with Crippen molar-refractivity contribution < 1.29 is 19.1 Å². The van der Waals surface area contributed by atoms with Gasteiger partial charge in [-0.2, -0.15) is 0 Å². The van der Waals surface area contributed by atoms with Gasteiger partial charge in [0.2, 0.25) is 5.88 Å². The zero-order chi connectivity index (χ0) is 22.8. The number of pyridine rings is 1. The van der Waals surface area contributed by atoms with Gasteiger partial charge >= 0.3 is 11.8 Å². The smallest absolute Gasteiger partial charge is 0.313 e. The molecule has 3 aromatic rings. The molecule has 4 N–H and O–H groups in total. The Morgan fingerprint density at radius 1 is 1.22 bits per heavy atom. The molecule has 2 atom stereocenters. The summed E-state index contributed by atoms with van der Waals surface area (Å²) in [4.78, 5) is 50.5. The van der Waals surface area contributed by atoms with Crippen LogP contribution >= 0.6 is 0 Å². The van der Waals surface area contributed by atoms with Crippen molar-refractivity contribution in [2.24, 2.45) is 11.7 Å². The summed E-state index contributed by atoms with van der Waals surface area (Å²) in [6.45, 7) is 2.52. The number of carbonyl (C=O) groups is 3. The first-order valence-corrected chi connectivity index (χ1v) is 10.3. The number of nitrogens with two attached hydrogens (primary N) is 1. The summed E-state index contributed by atoms with van der Waals surface area (Å²) in [5, 5.41) is 2.53. The van der Waals surface area contributed by atoms with E-state index in [-0.39, 0.29) is 29.1 Å². The first-order valence-electron chi connectivity index (χ1n) is 10.3. The number of anilines is 1. The molecule has 0 aliphatic carbocycles. The molecule has 1 fully saturated rings. The number of hydrogen-bond donors (Lipinski definition) is 3. The first kappa shape index (κ1) is 21.3. The molecule has 0 radical (unpaired) electrons. The quantitative estimate of drug-likeness (QED) is 0.534. The van der Waals surface area contributed by atoms with Gasteiger partial charge in [-0.3, -0.25) is 14.4 Å². The lowest BCUT2D eigenvalue weighted by Gasteiger charge is -2.38. The zero-order valence-corrected chi connectivity index (χ0v) is 17.8. The molecule has 1 aliphatic rings. The highest BCUT2D eigenvalue weighted by atomic mass is 16.5. The minimum absolute atomic E-state index is 0.00933. The lowest BCUT2D eigenvalue weighted by molar-refractivity contribution is -0.146. The number of piperidine rings is 1. The first-order chi connectivity index (χ1) is 15.4. The summed E-state index contributed by atoms with van der Waals surface area (Å²) in [5.41, 5.74) is 8.19. The molecule has 0 bridgehead atoms. The predicted octanol–water partition coefficient (Wildman–Crippen LogP) is 2.00. The zero-order valence-electron chi connectivity index (χ0n) is 17.8. The van der Waals surface area contributed by atoms with Gasteiger partial charge in [0.05, 0.1) is 42.4 Å². The van der Waals surface area contributed by atoms with Gasteiger partial charge in [-0.25, -0.2) is 9.97 Å². The largest absolute Gasteiger partial charge is 0.480 e. The van der Waals surface area contributed by atoms with Crippen molar-refractivity contribution in [2.75, 3.05) is 19.0 Å². The molecule has 0 unspecified atom stereocenters. The van der Waals surface area contributed by atoms with E-state index in [1.54, 1.807) is 11.2 Å². The lowest BCUT2D eigenvalue weighted by Crippen LogP contribution is -2.46. The van der Waals surface area contributed by atoms with E-state index in [9.17, 15) is 14.4 Å². The van der Waals surface area contributed by atoms with Crippen molar-refractivity contribution >= 4 is 34.4 Å². The molecule has 1 aromatic carbocycles. The van der Waals surface area contributed by atoms with Gasteiger partial charge in [0.1, 0.15) is 5.56 Å². The molecule has 1 saturated heterocycles. The second kappa shape index (κ2) is 8.66. The van der Waals surface area contributed by atoms with Crippen LogP contribution in [0.4, 0.5) is 5.69 Å². The maximum Gasteiger partial charge on any atom is 0.313 e. The third kappa shape index (κ3) is 4.11. The fourth-order valence-corrected chi connectivity index (χ4v) is 4.06. The molecule has 2 aromatic heterocycles. The fraction of sp³-hybridized carbons (Fsp3) is 0.318. The number of H-pyrrole nitrogens is 1. The third-order valence-electron chi connectivity index (χ3n) is 5.67. The number of methoxy groups -OCH3 is 1. The van der Waals surface area contributed by atoms with E-state index in [0.717, 1.165) is 29.4 Å². The molecule has 3 heterocycles. The Labute approximate surface area is 184 Å². The molecular formula is C22H24N6O4. The molecular weight excluding hydrogens is 412 g/mol. The van der Waals surface area contributed by atoms with E-state index in [0.29, 0.717) is 6.54 Å². The van der Waals surface area contributed by atoms with E-state index in [1.165, 1.54) is 19.4 Å². The number of likely N-dealkylation sites (tertiary alicyclic amines) is 1. The Kier molecular flexibility index (Phi) is 5.76. The molecule has 32 heavy (non-hydrogen) atoms. The van der Waals surface area contributed by atoms with Crippen LogP contribution in [0, 0.1) is 5.92 Å². The average molecular weight is 436 g/mol. The number of aromatic nitrogens is 3. The number of amides is 3. The van der Waals surface area contributed by atoms with E-state index >= 15 is 0 Å². The number of hydrogen-bond acceptors (Lipinski definition) is 6. The van der Waals surface area contributed by atoms with Crippen molar-refractivity contribution in [3.05, 3.63) is 47.9 Å². The van der Waals surface area contributed by atoms with E-state index in [2.05, 4.69) is 27.2 Å². The fourth-order valence-electron chi connectivity index (χ4n) is 4.06.